The monoisotopic (exact) mass is 362 g/mol. The molecule has 0 radical (unpaired) electrons. The lowest BCUT2D eigenvalue weighted by Gasteiger charge is -2.30. The van der Waals surface area contributed by atoms with Gasteiger partial charge in [-0.1, -0.05) is 19.3 Å². The molecule has 7 nitrogen and oxygen atoms in total. The minimum atomic E-state index is -3.22. The lowest BCUT2D eigenvalue weighted by atomic mass is 9.99. The highest BCUT2D eigenvalue weighted by Crippen LogP contribution is 2.19. The Hall–Kier alpha value is -1.15. The van der Waals surface area contributed by atoms with Gasteiger partial charge in [-0.15, -0.1) is 0 Å². The maximum absolute atomic E-state index is 12.2. The molecule has 1 heterocycles. The number of aliphatic carboxylic acids is 1. The molecule has 1 amide bonds. The molecule has 1 aliphatic rings. The summed E-state index contributed by atoms with van der Waals surface area (Å²) in [7, 11) is -3.22. The van der Waals surface area contributed by atoms with E-state index in [1.807, 2.05) is 0 Å². The predicted octanol–water partition coefficient (Wildman–Crippen LogP) is 1.59. The molecular formula is C16H30N2O5S. The van der Waals surface area contributed by atoms with Gasteiger partial charge in [0.1, 0.15) is 0 Å². The first-order chi connectivity index (χ1) is 11.4. The van der Waals surface area contributed by atoms with Crippen molar-refractivity contribution in [3.05, 3.63) is 0 Å². The van der Waals surface area contributed by atoms with Crippen LogP contribution in [0, 0.1) is 5.92 Å². The molecule has 1 rings (SSSR count). The number of piperidine rings is 1. The molecule has 1 aliphatic heterocycles. The van der Waals surface area contributed by atoms with E-state index in [-0.39, 0.29) is 30.5 Å². The van der Waals surface area contributed by atoms with Crippen LogP contribution >= 0.6 is 0 Å². The quantitative estimate of drug-likeness (QED) is 0.543. The molecule has 140 valence electrons. The summed E-state index contributed by atoms with van der Waals surface area (Å²) in [4.78, 5) is 22.5. The molecule has 0 aliphatic carbocycles. The fraction of sp³-hybridized carbons (Fsp3) is 0.875. The largest absolute Gasteiger partial charge is 0.481 e. The second kappa shape index (κ2) is 10.7. The minimum absolute atomic E-state index is 0.0584. The molecule has 1 fully saturated rings. The smallest absolute Gasteiger partial charge is 0.303 e. The molecule has 0 saturated carbocycles. The van der Waals surface area contributed by atoms with E-state index in [0.717, 1.165) is 38.5 Å². The number of hydrogen-bond acceptors (Lipinski definition) is 4. The van der Waals surface area contributed by atoms with Gasteiger partial charge in [-0.05, 0) is 32.6 Å². The highest BCUT2D eigenvalue weighted by Gasteiger charge is 2.31. The third-order valence-corrected chi connectivity index (χ3v) is 6.23. The molecule has 1 unspecified atom stereocenters. The van der Waals surface area contributed by atoms with E-state index >= 15 is 0 Å². The summed E-state index contributed by atoms with van der Waals surface area (Å²) in [5.41, 5.74) is 0. The van der Waals surface area contributed by atoms with Crippen molar-refractivity contribution in [2.75, 3.05) is 25.4 Å². The Morgan fingerprint density at radius 1 is 1.17 bits per heavy atom. The normalized spacial score (nSPS) is 19.1. The lowest BCUT2D eigenvalue weighted by molar-refractivity contribution is -0.137. The van der Waals surface area contributed by atoms with E-state index in [1.54, 1.807) is 6.92 Å². The van der Waals surface area contributed by atoms with Gasteiger partial charge < -0.3 is 10.4 Å². The van der Waals surface area contributed by atoms with Gasteiger partial charge in [0.15, 0.2) is 0 Å². The zero-order chi connectivity index (χ0) is 18.0. The van der Waals surface area contributed by atoms with Crippen LogP contribution in [0.2, 0.25) is 0 Å². The molecule has 0 bridgehead atoms. The lowest BCUT2D eigenvalue weighted by Crippen LogP contribution is -2.46. The van der Waals surface area contributed by atoms with Crippen molar-refractivity contribution in [3.8, 4) is 0 Å². The molecule has 0 aromatic carbocycles. The van der Waals surface area contributed by atoms with Crippen molar-refractivity contribution in [1.29, 1.82) is 0 Å². The molecule has 8 heteroatoms. The average molecular weight is 362 g/mol. The summed E-state index contributed by atoms with van der Waals surface area (Å²) >= 11 is 0. The molecule has 0 spiro atoms. The van der Waals surface area contributed by atoms with Crippen molar-refractivity contribution in [1.82, 2.24) is 9.62 Å². The highest BCUT2D eigenvalue weighted by molar-refractivity contribution is 7.89. The van der Waals surface area contributed by atoms with Gasteiger partial charge in [-0.3, -0.25) is 9.59 Å². The highest BCUT2D eigenvalue weighted by atomic mass is 32.2. The molecule has 1 saturated heterocycles. The van der Waals surface area contributed by atoms with Crippen molar-refractivity contribution in [2.24, 2.45) is 5.92 Å². The van der Waals surface area contributed by atoms with Crippen molar-refractivity contribution in [2.45, 2.75) is 58.3 Å². The van der Waals surface area contributed by atoms with Gasteiger partial charge in [0.2, 0.25) is 15.9 Å². The van der Waals surface area contributed by atoms with E-state index in [1.165, 1.54) is 4.31 Å². The SMILES string of the molecule is CCS(=O)(=O)N1CCCC(C(=O)NCCCCCCCC(=O)O)C1. The van der Waals surface area contributed by atoms with Gasteiger partial charge >= 0.3 is 5.97 Å². The Labute approximate surface area is 144 Å². The molecular weight excluding hydrogens is 332 g/mol. The zero-order valence-corrected chi connectivity index (χ0v) is 15.3. The Kier molecular flexibility index (Phi) is 9.28. The number of carbonyl (C=O) groups excluding carboxylic acids is 1. The van der Waals surface area contributed by atoms with Crippen LogP contribution < -0.4 is 5.32 Å². The van der Waals surface area contributed by atoms with Gasteiger partial charge in [0.25, 0.3) is 0 Å². The number of sulfonamides is 1. The minimum Gasteiger partial charge on any atom is -0.481 e. The summed E-state index contributed by atoms with van der Waals surface area (Å²) in [5.74, 6) is -0.996. The fourth-order valence-corrected chi connectivity index (χ4v) is 4.06. The maximum Gasteiger partial charge on any atom is 0.303 e. The van der Waals surface area contributed by atoms with Crippen molar-refractivity contribution >= 4 is 21.9 Å². The van der Waals surface area contributed by atoms with E-state index in [2.05, 4.69) is 5.32 Å². The van der Waals surface area contributed by atoms with E-state index in [9.17, 15) is 18.0 Å². The molecule has 24 heavy (non-hydrogen) atoms. The van der Waals surface area contributed by atoms with Gasteiger partial charge in [0, 0.05) is 26.1 Å². The summed E-state index contributed by atoms with van der Waals surface area (Å²) in [5, 5.41) is 11.4. The topological polar surface area (TPSA) is 104 Å². The van der Waals surface area contributed by atoms with Crippen molar-refractivity contribution < 1.29 is 23.1 Å². The molecule has 0 aromatic heterocycles. The summed E-state index contributed by atoms with van der Waals surface area (Å²) in [6.45, 7) is 3.01. The van der Waals surface area contributed by atoms with Crippen LogP contribution in [0.5, 0.6) is 0 Å². The fourth-order valence-electron chi connectivity index (χ4n) is 2.88. The van der Waals surface area contributed by atoms with Crippen LogP contribution in [-0.2, 0) is 19.6 Å². The number of nitrogens with one attached hydrogen (secondary N) is 1. The first-order valence-corrected chi connectivity index (χ1v) is 10.4. The van der Waals surface area contributed by atoms with E-state index in [4.69, 9.17) is 5.11 Å². The molecule has 0 aromatic rings. The van der Waals surface area contributed by atoms with Crippen LogP contribution in [-0.4, -0.2) is 55.1 Å². The number of carboxylic acid groups (broad SMARTS) is 1. The Morgan fingerprint density at radius 2 is 1.83 bits per heavy atom. The Bertz CT molecular complexity index is 507. The summed E-state index contributed by atoms with van der Waals surface area (Å²) in [6, 6.07) is 0. The number of rotatable bonds is 11. The van der Waals surface area contributed by atoms with Crippen LogP contribution in [0.4, 0.5) is 0 Å². The Morgan fingerprint density at radius 3 is 2.50 bits per heavy atom. The number of unbranched alkanes of at least 4 members (excludes halogenated alkanes) is 4. The molecule has 2 N–H and O–H groups in total. The van der Waals surface area contributed by atoms with Gasteiger partial charge in [-0.25, -0.2) is 12.7 Å². The van der Waals surface area contributed by atoms with Crippen molar-refractivity contribution in [3.63, 3.8) is 0 Å². The molecule has 1 atom stereocenters. The maximum atomic E-state index is 12.2. The predicted molar refractivity (Wildman–Crippen MR) is 92.1 cm³/mol. The number of amides is 1. The van der Waals surface area contributed by atoms with Crippen LogP contribution in [0.1, 0.15) is 58.3 Å². The van der Waals surface area contributed by atoms with E-state index < -0.39 is 16.0 Å². The van der Waals surface area contributed by atoms with E-state index in [0.29, 0.717) is 19.5 Å². The Balaban J connectivity index is 2.18. The zero-order valence-electron chi connectivity index (χ0n) is 14.5. The third kappa shape index (κ3) is 7.61. The number of hydrogen-bond donors (Lipinski definition) is 2. The van der Waals surface area contributed by atoms with Gasteiger partial charge in [-0.2, -0.15) is 0 Å². The number of carboxylic acids is 1. The van der Waals surface area contributed by atoms with Crippen LogP contribution in [0.15, 0.2) is 0 Å². The second-order valence-electron chi connectivity index (χ2n) is 6.30. The second-order valence-corrected chi connectivity index (χ2v) is 8.56. The average Bonchev–Trinajstić information content (AvgIpc) is 2.56. The van der Waals surface area contributed by atoms with Crippen LogP contribution in [0.3, 0.4) is 0 Å². The van der Waals surface area contributed by atoms with Gasteiger partial charge in [0.05, 0.1) is 11.7 Å². The first kappa shape index (κ1) is 20.9. The number of nitrogens with zero attached hydrogens (tertiary/aromatic N) is 1. The summed E-state index contributed by atoms with van der Waals surface area (Å²) < 4.78 is 25.2. The third-order valence-electron chi connectivity index (χ3n) is 4.38. The first-order valence-electron chi connectivity index (χ1n) is 8.84. The van der Waals surface area contributed by atoms with Crippen LogP contribution in [0.25, 0.3) is 0 Å². The number of carbonyl (C=O) groups is 2. The standard InChI is InChI=1S/C16H30N2O5S/c1-2-24(22,23)18-12-8-9-14(13-18)16(21)17-11-7-5-3-4-6-10-15(19)20/h14H,2-13H2,1H3,(H,17,21)(H,19,20). The summed E-state index contributed by atoms with van der Waals surface area (Å²) in [6.07, 6.45) is 6.06.